The van der Waals surface area contributed by atoms with Crippen LogP contribution in [0.4, 0.5) is 0 Å². The molecule has 0 aliphatic heterocycles. The summed E-state index contributed by atoms with van der Waals surface area (Å²) in [5, 5.41) is 0. The molecule has 3 spiro atoms. The van der Waals surface area contributed by atoms with Crippen LogP contribution in [0.2, 0.25) is 0 Å². The van der Waals surface area contributed by atoms with Gasteiger partial charge >= 0.3 is 0 Å². The van der Waals surface area contributed by atoms with Crippen LogP contribution in [-0.4, -0.2) is 0 Å². The van der Waals surface area contributed by atoms with Crippen LogP contribution in [0.5, 0.6) is 0 Å². The first-order chi connectivity index (χ1) is 41.6. The van der Waals surface area contributed by atoms with Crippen LogP contribution in [0.1, 0.15) is 157 Å². The maximum atomic E-state index is 2.49. The lowest BCUT2D eigenvalue weighted by molar-refractivity contribution is -0.660. The standard InChI is InChI=1S/2C28H32N.C27H30N/c1-20-9-5-6-10-25(20)27-15-21(2)26(19-29(27)3)22-11-12-23-17-28(18-24(23)16-22)13-7-4-8-14-28;1-20-8-4-5-9-25(20)27-16-21(2)26(19-29(27)3)23-10-11-24-18-28(13-6-7-14-28)15-12-22(24)17-23;1-19-8-4-5-9-24(19)26-14-20(2)25(18-28(26)3)21-10-11-22-16-27(12-6-7-13-27)17-23(22)15-21/h5-6,9-12,15-16,19H,4,7-8,13-14,17-18H2,1-3H3;4-5,8-11,16-17,19H,6-7,12-15,18H2,1-3H3;4-5,8-11,14-15,18H,6-7,12-13,16-17H2,1-3H3/q3*+1. The molecule has 0 saturated heterocycles. The SMILES string of the molecule is Cc1cc(-c2ccccc2C)[n+](C)cc1-c1ccc2c(c1)CC1(CCCC1)C2.Cc1cc(-c2ccccc2C)[n+](C)cc1-c1ccc2c(c1)CC1(CCCCC1)C2.Cc1cc(-c2ccccc2C)[n+](C)cc1-c1ccc2c(c1)CCC1(CCCC1)C2. The molecule has 0 unspecified atom stereocenters. The number of fused-ring (bicyclic) bond motifs is 3. The van der Waals surface area contributed by atoms with Gasteiger partial charge in [0.25, 0.3) is 0 Å². The number of hydrogen-bond donors (Lipinski definition) is 0. The quantitative estimate of drug-likeness (QED) is 0.147. The number of rotatable bonds is 6. The lowest BCUT2D eigenvalue weighted by Gasteiger charge is -2.35. The third-order valence-corrected chi connectivity index (χ3v) is 22.3. The highest BCUT2D eigenvalue weighted by molar-refractivity contribution is 5.74. The molecule has 9 aromatic rings. The fraction of sp³-hybridized carbons (Fsp3) is 0.386. The molecule has 3 heterocycles. The molecule has 3 aromatic heterocycles. The van der Waals surface area contributed by atoms with Crippen LogP contribution in [0.15, 0.2) is 164 Å². The number of hydrogen-bond acceptors (Lipinski definition) is 0. The first-order valence-corrected chi connectivity index (χ1v) is 33.2. The van der Waals surface area contributed by atoms with Gasteiger partial charge in [-0.3, -0.25) is 0 Å². The molecule has 0 N–H and O–H groups in total. The second kappa shape index (κ2) is 23.8. The van der Waals surface area contributed by atoms with E-state index < -0.39 is 0 Å². The van der Waals surface area contributed by atoms with E-state index in [4.69, 9.17) is 0 Å². The third-order valence-electron chi connectivity index (χ3n) is 22.3. The maximum absolute atomic E-state index is 2.49. The van der Waals surface area contributed by atoms with Gasteiger partial charge in [-0.1, -0.05) is 154 Å². The number of benzene rings is 6. The first kappa shape index (κ1) is 57.8. The van der Waals surface area contributed by atoms with Crippen molar-refractivity contribution in [2.24, 2.45) is 37.4 Å². The predicted molar refractivity (Wildman–Crippen MR) is 358 cm³/mol. The van der Waals surface area contributed by atoms with E-state index in [1.54, 1.807) is 33.4 Å². The van der Waals surface area contributed by atoms with E-state index in [9.17, 15) is 0 Å². The van der Waals surface area contributed by atoms with Crippen molar-refractivity contribution >= 4 is 0 Å². The van der Waals surface area contributed by atoms with Crippen LogP contribution >= 0.6 is 0 Å². The summed E-state index contributed by atoms with van der Waals surface area (Å²) >= 11 is 0. The summed E-state index contributed by atoms with van der Waals surface area (Å²) < 4.78 is 6.87. The van der Waals surface area contributed by atoms with Crippen molar-refractivity contribution in [1.29, 1.82) is 0 Å². The Morgan fingerprint density at radius 2 is 0.570 bits per heavy atom. The van der Waals surface area contributed by atoms with Gasteiger partial charge in [-0.05, 0) is 243 Å². The van der Waals surface area contributed by atoms with Crippen molar-refractivity contribution in [3.8, 4) is 67.2 Å². The highest BCUT2D eigenvalue weighted by atomic mass is 14.9. The molecule has 6 aliphatic rings. The minimum atomic E-state index is 0.577. The van der Waals surface area contributed by atoms with Crippen LogP contribution in [-0.2, 0) is 59.7 Å². The zero-order chi connectivity index (χ0) is 59.3. The Bertz CT molecular complexity index is 4020. The zero-order valence-electron chi connectivity index (χ0n) is 53.6. The van der Waals surface area contributed by atoms with Crippen molar-refractivity contribution < 1.29 is 13.7 Å². The number of aromatic nitrogens is 3. The van der Waals surface area contributed by atoms with Gasteiger partial charge in [-0.25, -0.2) is 13.7 Å². The van der Waals surface area contributed by atoms with Crippen LogP contribution in [0.25, 0.3) is 67.2 Å². The second-order valence-electron chi connectivity index (χ2n) is 28.4. The molecule has 0 atom stereocenters. The van der Waals surface area contributed by atoms with E-state index in [0.717, 1.165) is 0 Å². The van der Waals surface area contributed by atoms with E-state index in [2.05, 4.69) is 241 Å². The highest BCUT2D eigenvalue weighted by Gasteiger charge is 2.41. The first-order valence-electron chi connectivity index (χ1n) is 33.2. The molecular weight excluding hydrogens is 1040 g/mol. The minimum absolute atomic E-state index is 0.577. The molecule has 15 rings (SSSR count). The van der Waals surface area contributed by atoms with Crippen molar-refractivity contribution in [3.05, 3.63) is 231 Å². The summed E-state index contributed by atoms with van der Waals surface area (Å²) in [5.74, 6) is 0. The normalized spacial score (nSPS) is 17.4. The zero-order valence-corrected chi connectivity index (χ0v) is 53.6. The Morgan fingerprint density at radius 3 is 0.942 bits per heavy atom. The van der Waals surface area contributed by atoms with Crippen LogP contribution < -0.4 is 13.7 Å². The molecular formula is C83H94N3+3. The van der Waals surface area contributed by atoms with Gasteiger partial charge in [-0.15, -0.1) is 0 Å². The molecule has 0 amide bonds. The van der Waals surface area contributed by atoms with Crippen LogP contribution in [0.3, 0.4) is 0 Å². The Balaban J connectivity index is 0.000000120. The molecule has 0 radical (unpaired) electrons. The van der Waals surface area contributed by atoms with E-state index in [-0.39, 0.29) is 0 Å². The second-order valence-corrected chi connectivity index (χ2v) is 28.4. The lowest BCUT2D eigenvalue weighted by Crippen LogP contribution is -2.31. The fourth-order valence-electron chi connectivity index (χ4n) is 17.3. The van der Waals surface area contributed by atoms with Crippen molar-refractivity contribution in [3.63, 3.8) is 0 Å². The van der Waals surface area contributed by atoms with E-state index in [0.29, 0.717) is 16.2 Å². The topological polar surface area (TPSA) is 11.6 Å². The smallest absolute Gasteiger partial charge is 0.200 e. The summed E-state index contributed by atoms with van der Waals surface area (Å²) in [6, 6.07) is 54.8. The molecule has 0 bridgehead atoms. The van der Waals surface area contributed by atoms with Crippen molar-refractivity contribution in [2.75, 3.05) is 0 Å². The van der Waals surface area contributed by atoms with Crippen molar-refractivity contribution in [1.82, 2.24) is 0 Å². The molecule has 86 heavy (non-hydrogen) atoms. The van der Waals surface area contributed by atoms with Gasteiger partial charge in [0, 0.05) is 51.6 Å². The number of nitrogens with zero attached hydrogens (tertiary/aromatic N) is 3. The Kier molecular flexibility index (Phi) is 16.0. The summed E-state index contributed by atoms with van der Waals surface area (Å²) in [5.41, 5.74) is 35.4. The molecule has 438 valence electrons. The maximum Gasteiger partial charge on any atom is 0.212 e. The molecule has 6 aliphatic carbocycles. The lowest BCUT2D eigenvalue weighted by atomic mass is 9.70. The highest BCUT2D eigenvalue weighted by Crippen LogP contribution is 2.51. The summed E-state index contributed by atoms with van der Waals surface area (Å²) in [6.45, 7) is 13.3. The summed E-state index contributed by atoms with van der Waals surface area (Å²) in [6.07, 6.45) is 34.8. The van der Waals surface area contributed by atoms with Crippen molar-refractivity contribution in [2.45, 2.75) is 170 Å². The monoisotopic (exact) mass is 1130 g/mol. The number of aryl methyl sites for hydroxylation is 10. The van der Waals surface area contributed by atoms with Gasteiger partial charge < -0.3 is 0 Å². The Morgan fingerprint density at radius 1 is 0.267 bits per heavy atom. The Hall–Kier alpha value is -7.23. The van der Waals surface area contributed by atoms with Gasteiger partial charge in [-0.2, -0.15) is 0 Å². The van der Waals surface area contributed by atoms with Gasteiger partial charge in [0.05, 0.1) is 0 Å². The average Bonchev–Trinajstić information content (AvgIpc) is 1.79. The number of pyridine rings is 3. The van der Waals surface area contributed by atoms with Gasteiger partial charge in [0.15, 0.2) is 18.6 Å². The van der Waals surface area contributed by atoms with E-state index in [1.807, 2.05) is 0 Å². The van der Waals surface area contributed by atoms with Crippen LogP contribution in [0, 0.1) is 57.8 Å². The largest absolute Gasteiger partial charge is 0.212 e. The third kappa shape index (κ3) is 11.5. The van der Waals surface area contributed by atoms with Gasteiger partial charge in [0.1, 0.15) is 21.1 Å². The summed E-state index contributed by atoms with van der Waals surface area (Å²) in [7, 11) is 6.52. The average molecular weight is 1130 g/mol. The molecule has 3 nitrogen and oxygen atoms in total. The molecule has 3 fully saturated rings. The van der Waals surface area contributed by atoms with E-state index >= 15 is 0 Å². The van der Waals surface area contributed by atoms with Gasteiger partial charge in [0.2, 0.25) is 17.1 Å². The van der Waals surface area contributed by atoms with E-state index in [1.165, 1.54) is 229 Å². The molecule has 6 aromatic carbocycles. The summed E-state index contributed by atoms with van der Waals surface area (Å²) in [4.78, 5) is 0. The fourth-order valence-corrected chi connectivity index (χ4v) is 17.3. The Labute approximate surface area is 516 Å². The predicted octanol–water partition coefficient (Wildman–Crippen LogP) is 19.1. The molecule has 3 saturated carbocycles. The molecule has 3 heteroatoms. The minimum Gasteiger partial charge on any atom is -0.200 e.